The minimum atomic E-state index is -3.46. The molecule has 1 aromatic heterocycles. The summed E-state index contributed by atoms with van der Waals surface area (Å²) in [6, 6.07) is 1.73. The molecule has 1 aromatic rings. The average molecular weight is 385 g/mol. The van der Waals surface area contributed by atoms with Crippen LogP contribution in [0.3, 0.4) is 0 Å². The molecule has 0 saturated heterocycles. The molecule has 116 valence electrons. The van der Waals surface area contributed by atoms with Gasteiger partial charge in [0.05, 0.1) is 10.4 Å². The van der Waals surface area contributed by atoms with E-state index >= 15 is 0 Å². The van der Waals surface area contributed by atoms with Gasteiger partial charge in [0.2, 0.25) is 10.0 Å². The van der Waals surface area contributed by atoms with Crippen molar-refractivity contribution in [2.45, 2.75) is 24.8 Å². The van der Waals surface area contributed by atoms with Crippen LogP contribution >= 0.6 is 27.3 Å². The maximum atomic E-state index is 12.4. The molecule has 0 aromatic carbocycles. The van der Waals surface area contributed by atoms with Crippen LogP contribution in [-0.4, -0.2) is 46.6 Å². The first-order valence-electron chi connectivity index (χ1n) is 6.37. The largest absolute Gasteiger partial charge is 0.383 e. The summed E-state index contributed by atoms with van der Waals surface area (Å²) >= 11 is 4.80. The van der Waals surface area contributed by atoms with Gasteiger partial charge in [0.25, 0.3) is 0 Å². The Hall–Kier alpha value is 0.01000. The average Bonchev–Trinajstić information content (AvgIpc) is 2.78. The topological polar surface area (TPSA) is 58.6 Å². The smallest absolute Gasteiger partial charge is 0.244 e. The van der Waals surface area contributed by atoms with Crippen molar-refractivity contribution in [3.05, 3.63) is 14.7 Å². The lowest BCUT2D eigenvalue weighted by Gasteiger charge is -2.15. The molecule has 0 spiro atoms. The lowest BCUT2D eigenvalue weighted by molar-refractivity contribution is 0.185. The SMILES string of the molecule is CCCNCc1cc(S(=O)(=O)N(C)CCOC)c(Br)s1. The van der Waals surface area contributed by atoms with Crippen LogP contribution < -0.4 is 5.32 Å². The third kappa shape index (κ3) is 4.78. The van der Waals surface area contributed by atoms with Crippen LogP contribution in [-0.2, 0) is 21.3 Å². The van der Waals surface area contributed by atoms with Gasteiger partial charge in [0, 0.05) is 32.1 Å². The van der Waals surface area contributed by atoms with Crippen LogP contribution in [0.5, 0.6) is 0 Å². The Bertz CT molecular complexity index is 517. The second-order valence-corrected chi connectivity index (χ2v) is 8.81. The number of likely N-dealkylation sites (N-methyl/N-ethyl adjacent to an activating group) is 1. The molecule has 0 radical (unpaired) electrons. The minimum Gasteiger partial charge on any atom is -0.383 e. The van der Waals surface area contributed by atoms with E-state index < -0.39 is 10.0 Å². The summed E-state index contributed by atoms with van der Waals surface area (Å²) in [4.78, 5) is 1.33. The molecule has 0 aliphatic heterocycles. The third-order valence-electron chi connectivity index (χ3n) is 2.73. The van der Waals surface area contributed by atoms with E-state index in [9.17, 15) is 8.42 Å². The molecule has 1 rings (SSSR count). The zero-order valence-electron chi connectivity index (χ0n) is 12.0. The van der Waals surface area contributed by atoms with Gasteiger partial charge in [0.15, 0.2) is 0 Å². The summed E-state index contributed by atoms with van der Waals surface area (Å²) in [5.41, 5.74) is 0. The van der Waals surface area contributed by atoms with E-state index in [0.717, 1.165) is 17.8 Å². The number of hydrogen-bond donors (Lipinski definition) is 1. The number of nitrogens with zero attached hydrogens (tertiary/aromatic N) is 1. The number of halogens is 1. The van der Waals surface area contributed by atoms with E-state index in [1.165, 1.54) is 15.6 Å². The fraction of sp³-hybridized carbons (Fsp3) is 0.667. The second-order valence-electron chi connectivity index (χ2n) is 4.35. The second kappa shape index (κ2) is 8.45. The Morgan fingerprint density at radius 1 is 1.50 bits per heavy atom. The first-order chi connectivity index (χ1) is 9.43. The highest BCUT2D eigenvalue weighted by molar-refractivity contribution is 9.11. The number of ether oxygens (including phenoxy) is 1. The number of sulfonamides is 1. The summed E-state index contributed by atoms with van der Waals surface area (Å²) in [7, 11) is -0.346. The van der Waals surface area contributed by atoms with Crippen molar-refractivity contribution in [3.8, 4) is 0 Å². The Morgan fingerprint density at radius 2 is 2.20 bits per heavy atom. The van der Waals surface area contributed by atoms with Gasteiger partial charge in [-0.3, -0.25) is 0 Å². The molecule has 0 aliphatic carbocycles. The standard InChI is InChI=1S/C12H21BrN2O3S2/c1-4-5-14-9-10-8-11(12(13)19-10)20(16,17)15(2)6-7-18-3/h8,14H,4-7,9H2,1-3H3. The highest BCUT2D eigenvalue weighted by Crippen LogP contribution is 2.33. The first-order valence-corrected chi connectivity index (χ1v) is 9.42. The van der Waals surface area contributed by atoms with Gasteiger partial charge in [-0.25, -0.2) is 8.42 Å². The summed E-state index contributed by atoms with van der Waals surface area (Å²) in [5, 5.41) is 3.27. The highest BCUT2D eigenvalue weighted by Gasteiger charge is 2.25. The van der Waals surface area contributed by atoms with Crippen molar-refractivity contribution in [2.75, 3.05) is 33.9 Å². The van der Waals surface area contributed by atoms with Crippen molar-refractivity contribution in [3.63, 3.8) is 0 Å². The maximum absolute atomic E-state index is 12.4. The fourth-order valence-corrected chi connectivity index (χ4v) is 5.31. The Kier molecular flexibility index (Phi) is 7.63. The Morgan fingerprint density at radius 3 is 2.80 bits per heavy atom. The van der Waals surface area contributed by atoms with Crippen LogP contribution in [0.15, 0.2) is 14.7 Å². The van der Waals surface area contributed by atoms with E-state index in [0.29, 0.717) is 28.4 Å². The number of methoxy groups -OCH3 is 1. The van der Waals surface area contributed by atoms with E-state index in [-0.39, 0.29) is 0 Å². The molecule has 0 amide bonds. The van der Waals surface area contributed by atoms with Crippen molar-refractivity contribution in [2.24, 2.45) is 0 Å². The Labute approximate surface area is 133 Å². The lowest BCUT2D eigenvalue weighted by Crippen LogP contribution is -2.30. The van der Waals surface area contributed by atoms with E-state index in [4.69, 9.17) is 4.74 Å². The molecular weight excluding hydrogens is 364 g/mol. The van der Waals surface area contributed by atoms with Gasteiger partial charge >= 0.3 is 0 Å². The molecular formula is C12H21BrN2O3S2. The first kappa shape index (κ1) is 18.1. The van der Waals surface area contributed by atoms with Gasteiger partial charge in [-0.15, -0.1) is 11.3 Å². The molecule has 1 heterocycles. The summed E-state index contributed by atoms with van der Waals surface area (Å²) in [6.45, 7) is 4.42. The molecule has 8 heteroatoms. The lowest BCUT2D eigenvalue weighted by atomic mass is 10.4. The normalized spacial score (nSPS) is 12.2. The molecule has 0 fully saturated rings. The Balaban J connectivity index is 2.84. The van der Waals surface area contributed by atoms with Crippen molar-refractivity contribution < 1.29 is 13.2 Å². The molecule has 5 nitrogen and oxygen atoms in total. The van der Waals surface area contributed by atoms with Gasteiger partial charge in [-0.05, 0) is 35.0 Å². The van der Waals surface area contributed by atoms with Crippen molar-refractivity contribution >= 4 is 37.3 Å². The molecule has 1 N–H and O–H groups in total. The highest BCUT2D eigenvalue weighted by atomic mass is 79.9. The van der Waals surface area contributed by atoms with Crippen molar-refractivity contribution in [1.29, 1.82) is 0 Å². The molecule has 0 atom stereocenters. The van der Waals surface area contributed by atoms with Crippen LogP contribution in [0.25, 0.3) is 0 Å². The van der Waals surface area contributed by atoms with Gasteiger partial charge in [-0.1, -0.05) is 6.92 Å². The summed E-state index contributed by atoms with van der Waals surface area (Å²) in [5.74, 6) is 0. The summed E-state index contributed by atoms with van der Waals surface area (Å²) in [6.07, 6.45) is 1.05. The van der Waals surface area contributed by atoms with Crippen molar-refractivity contribution in [1.82, 2.24) is 9.62 Å². The number of hydrogen-bond acceptors (Lipinski definition) is 5. The number of rotatable bonds is 9. The van der Waals surface area contributed by atoms with Crippen LogP contribution in [0.1, 0.15) is 18.2 Å². The van der Waals surface area contributed by atoms with Crippen LogP contribution in [0.4, 0.5) is 0 Å². The minimum absolute atomic E-state index is 0.328. The molecule has 0 unspecified atom stereocenters. The van der Waals surface area contributed by atoms with Gasteiger partial charge in [0.1, 0.15) is 4.90 Å². The monoisotopic (exact) mass is 384 g/mol. The van der Waals surface area contributed by atoms with Crippen LogP contribution in [0.2, 0.25) is 0 Å². The molecule has 0 aliphatic rings. The van der Waals surface area contributed by atoms with Gasteiger partial charge < -0.3 is 10.1 Å². The molecule has 0 bridgehead atoms. The third-order valence-corrected chi connectivity index (χ3v) is 6.84. The van der Waals surface area contributed by atoms with E-state index in [2.05, 4.69) is 28.2 Å². The molecule has 20 heavy (non-hydrogen) atoms. The summed E-state index contributed by atoms with van der Waals surface area (Å²) < 4.78 is 31.7. The van der Waals surface area contributed by atoms with E-state index in [1.807, 2.05) is 0 Å². The maximum Gasteiger partial charge on any atom is 0.244 e. The zero-order valence-corrected chi connectivity index (χ0v) is 15.2. The molecule has 0 saturated carbocycles. The quantitative estimate of drug-likeness (QED) is 0.663. The number of thiophene rings is 1. The predicted octanol–water partition coefficient (Wildman–Crippen LogP) is 2.28. The predicted molar refractivity (Wildman–Crippen MR) is 85.7 cm³/mol. The van der Waals surface area contributed by atoms with Gasteiger partial charge in [-0.2, -0.15) is 4.31 Å². The fourth-order valence-electron chi connectivity index (χ4n) is 1.56. The zero-order chi connectivity index (χ0) is 15.2. The number of nitrogens with one attached hydrogen (secondary N) is 1. The van der Waals surface area contributed by atoms with Crippen LogP contribution in [0, 0.1) is 0 Å². The van der Waals surface area contributed by atoms with E-state index in [1.54, 1.807) is 20.2 Å².